The molecule has 0 spiro atoms. The van der Waals surface area contributed by atoms with Crippen LogP contribution in [0.2, 0.25) is 0 Å². The quantitative estimate of drug-likeness (QED) is 0.432. The van der Waals surface area contributed by atoms with Gasteiger partial charge in [0.1, 0.15) is 5.75 Å². The highest BCUT2D eigenvalue weighted by atomic mass is 32.2. The third kappa shape index (κ3) is 5.51. The number of aryl methyl sites for hydroxylation is 1. The number of nitrogens with one attached hydrogen (secondary N) is 2. The van der Waals surface area contributed by atoms with Gasteiger partial charge < -0.3 is 15.0 Å². The van der Waals surface area contributed by atoms with Crippen LogP contribution in [0.5, 0.6) is 5.75 Å². The maximum Gasteiger partial charge on any atom is 0.573 e. The summed E-state index contributed by atoms with van der Waals surface area (Å²) in [6, 6.07) is 4.86. The minimum atomic E-state index is -4.81. The van der Waals surface area contributed by atoms with Crippen LogP contribution in [0.15, 0.2) is 34.2 Å². The molecule has 10 heteroatoms. The van der Waals surface area contributed by atoms with Crippen LogP contribution in [0.25, 0.3) is 0 Å². The number of hydrogen-bond donors (Lipinski definition) is 2. The van der Waals surface area contributed by atoms with Gasteiger partial charge in [-0.25, -0.2) is 4.98 Å². The summed E-state index contributed by atoms with van der Waals surface area (Å²) >= 11 is 1.30. The van der Waals surface area contributed by atoms with Crippen LogP contribution in [0, 0.1) is 0 Å². The van der Waals surface area contributed by atoms with E-state index in [-0.39, 0.29) is 17.7 Å². The zero-order valence-corrected chi connectivity index (χ0v) is 15.6. The van der Waals surface area contributed by atoms with Gasteiger partial charge in [0.2, 0.25) is 0 Å². The van der Waals surface area contributed by atoms with Crippen molar-refractivity contribution in [1.29, 1.82) is 0 Å². The van der Waals surface area contributed by atoms with E-state index < -0.39 is 18.0 Å². The average molecular weight is 413 g/mol. The van der Waals surface area contributed by atoms with Crippen molar-refractivity contribution in [3.8, 4) is 5.75 Å². The van der Waals surface area contributed by atoms with E-state index in [2.05, 4.69) is 20.0 Å². The molecular formula is C18H18F3N3O3S. The van der Waals surface area contributed by atoms with Crippen molar-refractivity contribution in [3.05, 3.63) is 51.4 Å². The lowest BCUT2D eigenvalue weighted by Gasteiger charge is -2.14. The second-order valence-electron chi connectivity index (χ2n) is 6.18. The lowest BCUT2D eigenvalue weighted by Crippen LogP contribution is -2.26. The maximum absolute atomic E-state index is 12.3. The molecule has 2 N–H and O–H groups in total. The van der Waals surface area contributed by atoms with Gasteiger partial charge in [0.05, 0.1) is 5.69 Å². The van der Waals surface area contributed by atoms with E-state index in [1.807, 2.05) is 0 Å². The number of amides is 1. The molecular weight excluding hydrogens is 395 g/mol. The van der Waals surface area contributed by atoms with Crippen molar-refractivity contribution in [3.63, 3.8) is 0 Å². The minimum absolute atomic E-state index is 0.0621. The molecule has 0 radical (unpaired) electrons. The molecule has 0 aliphatic heterocycles. The summed E-state index contributed by atoms with van der Waals surface area (Å²) in [6.45, 7) is 0.259. The summed E-state index contributed by atoms with van der Waals surface area (Å²) in [4.78, 5) is 31.4. The number of halogens is 3. The van der Waals surface area contributed by atoms with Crippen LogP contribution in [0.4, 0.5) is 13.2 Å². The average Bonchev–Trinajstić information content (AvgIpc) is 2.64. The van der Waals surface area contributed by atoms with E-state index in [0.29, 0.717) is 10.9 Å². The predicted molar refractivity (Wildman–Crippen MR) is 97.7 cm³/mol. The summed E-state index contributed by atoms with van der Waals surface area (Å²) < 4.78 is 40.6. The Balaban J connectivity index is 1.52. The summed E-state index contributed by atoms with van der Waals surface area (Å²) in [6.07, 6.45) is -1.27. The number of alkyl halides is 3. The smallest absolute Gasteiger partial charge is 0.406 e. The third-order valence-corrected chi connectivity index (χ3v) is 5.00. The molecule has 3 rings (SSSR count). The van der Waals surface area contributed by atoms with Gasteiger partial charge in [-0.2, -0.15) is 0 Å². The molecule has 1 aromatic heterocycles. The van der Waals surface area contributed by atoms with Crippen LogP contribution in [0.3, 0.4) is 0 Å². The zero-order chi connectivity index (χ0) is 20.1. The Hall–Kier alpha value is -2.49. The number of hydrogen-bond acceptors (Lipinski definition) is 5. The fourth-order valence-electron chi connectivity index (χ4n) is 2.90. The molecule has 28 heavy (non-hydrogen) atoms. The van der Waals surface area contributed by atoms with E-state index in [9.17, 15) is 22.8 Å². The van der Waals surface area contributed by atoms with E-state index in [1.165, 1.54) is 23.9 Å². The van der Waals surface area contributed by atoms with Crippen molar-refractivity contribution < 1.29 is 22.7 Å². The van der Waals surface area contributed by atoms with Crippen molar-refractivity contribution in [2.45, 2.75) is 37.2 Å². The Bertz CT molecular complexity index is 915. The van der Waals surface area contributed by atoms with Crippen molar-refractivity contribution >= 4 is 17.7 Å². The molecule has 2 aromatic rings. The number of benzene rings is 1. The van der Waals surface area contributed by atoms with Gasteiger partial charge in [0.25, 0.3) is 11.5 Å². The molecule has 0 fully saturated rings. The SMILES string of the molecule is O=C(NCCSc1nc2c(c(=O)[nH]1)CCCC2)c1cccc(OC(F)(F)F)c1. The Kier molecular flexibility index (Phi) is 6.28. The zero-order valence-electron chi connectivity index (χ0n) is 14.8. The molecule has 0 unspecified atom stereocenters. The fourth-order valence-corrected chi connectivity index (χ4v) is 3.63. The first-order chi connectivity index (χ1) is 13.3. The molecule has 6 nitrogen and oxygen atoms in total. The monoisotopic (exact) mass is 413 g/mol. The van der Waals surface area contributed by atoms with Crippen LogP contribution in [-0.2, 0) is 12.8 Å². The molecule has 1 aliphatic carbocycles. The van der Waals surface area contributed by atoms with Gasteiger partial charge in [-0.05, 0) is 43.9 Å². The number of thioether (sulfide) groups is 1. The second kappa shape index (κ2) is 8.68. The first kappa shape index (κ1) is 20.2. The Morgan fingerprint density at radius 2 is 2.07 bits per heavy atom. The summed E-state index contributed by atoms with van der Waals surface area (Å²) in [5.41, 5.74) is 1.54. The van der Waals surface area contributed by atoms with Gasteiger partial charge in [-0.3, -0.25) is 9.59 Å². The second-order valence-corrected chi connectivity index (χ2v) is 7.27. The Morgan fingerprint density at radius 1 is 1.29 bits per heavy atom. The summed E-state index contributed by atoms with van der Waals surface area (Å²) in [5.74, 6) is -0.517. The highest BCUT2D eigenvalue weighted by molar-refractivity contribution is 7.99. The van der Waals surface area contributed by atoms with Gasteiger partial charge in [0.15, 0.2) is 5.16 Å². The lowest BCUT2D eigenvalue weighted by atomic mass is 9.97. The number of rotatable bonds is 6. The molecule has 1 amide bonds. The number of aromatic amines is 1. The number of carbonyl (C=O) groups is 1. The number of ether oxygens (including phenoxy) is 1. The largest absolute Gasteiger partial charge is 0.573 e. The molecule has 0 atom stereocenters. The number of fused-ring (bicyclic) bond motifs is 1. The van der Waals surface area contributed by atoms with Crippen molar-refractivity contribution in [2.75, 3.05) is 12.3 Å². The van der Waals surface area contributed by atoms with Crippen LogP contribution in [-0.4, -0.2) is 34.5 Å². The topological polar surface area (TPSA) is 84.1 Å². The normalized spacial score (nSPS) is 13.7. The van der Waals surface area contributed by atoms with E-state index in [1.54, 1.807) is 0 Å². The fraction of sp³-hybridized carbons (Fsp3) is 0.389. The molecule has 0 saturated carbocycles. The van der Waals surface area contributed by atoms with Crippen LogP contribution in [0.1, 0.15) is 34.5 Å². The number of nitrogens with zero attached hydrogens (tertiary/aromatic N) is 1. The molecule has 0 bridgehead atoms. The Morgan fingerprint density at radius 3 is 2.86 bits per heavy atom. The first-order valence-electron chi connectivity index (χ1n) is 8.71. The standard InChI is InChI=1S/C18H18F3N3O3S/c19-18(20,21)27-12-5-3-4-11(10-12)15(25)22-8-9-28-17-23-14-7-2-1-6-13(14)16(26)24-17/h3-5,10H,1-2,6-9H2,(H,22,25)(H,23,24,26). The maximum atomic E-state index is 12.3. The summed E-state index contributed by atoms with van der Waals surface area (Å²) in [5, 5.41) is 3.12. The van der Waals surface area contributed by atoms with Gasteiger partial charge in [-0.1, -0.05) is 17.8 Å². The molecule has 1 heterocycles. The van der Waals surface area contributed by atoms with Gasteiger partial charge in [0, 0.05) is 23.4 Å². The molecule has 1 aromatic carbocycles. The number of aromatic nitrogens is 2. The van der Waals surface area contributed by atoms with Crippen molar-refractivity contribution in [2.24, 2.45) is 0 Å². The van der Waals surface area contributed by atoms with Gasteiger partial charge in [-0.15, -0.1) is 13.2 Å². The highest BCUT2D eigenvalue weighted by Gasteiger charge is 2.31. The van der Waals surface area contributed by atoms with Gasteiger partial charge >= 0.3 is 6.36 Å². The third-order valence-electron chi connectivity index (χ3n) is 4.13. The molecule has 150 valence electrons. The first-order valence-corrected chi connectivity index (χ1v) is 9.69. The minimum Gasteiger partial charge on any atom is -0.406 e. The summed E-state index contributed by atoms with van der Waals surface area (Å²) in [7, 11) is 0. The van der Waals surface area contributed by atoms with E-state index in [0.717, 1.165) is 49.1 Å². The van der Waals surface area contributed by atoms with E-state index in [4.69, 9.17) is 0 Å². The highest BCUT2D eigenvalue weighted by Crippen LogP contribution is 2.23. The predicted octanol–water partition coefficient (Wildman–Crippen LogP) is 3.07. The van der Waals surface area contributed by atoms with Crippen LogP contribution >= 0.6 is 11.8 Å². The van der Waals surface area contributed by atoms with Crippen LogP contribution < -0.4 is 15.6 Å². The Labute approximate surface area is 162 Å². The lowest BCUT2D eigenvalue weighted by molar-refractivity contribution is -0.274. The number of H-pyrrole nitrogens is 1. The molecule has 0 saturated heterocycles. The molecule has 1 aliphatic rings. The van der Waals surface area contributed by atoms with Crippen molar-refractivity contribution in [1.82, 2.24) is 15.3 Å². The number of carbonyl (C=O) groups excluding carboxylic acids is 1. The van der Waals surface area contributed by atoms with E-state index >= 15 is 0 Å².